The summed E-state index contributed by atoms with van der Waals surface area (Å²) in [4.78, 5) is 40.6. The van der Waals surface area contributed by atoms with Gasteiger partial charge in [-0.3, -0.25) is 4.79 Å². The molecule has 0 aromatic carbocycles. The average molecular weight is 530 g/mol. The predicted molar refractivity (Wildman–Crippen MR) is 147 cm³/mol. The maximum Gasteiger partial charge on any atom is 0.410 e. The van der Waals surface area contributed by atoms with E-state index in [4.69, 9.17) is 19.9 Å². The first-order valence-electron chi connectivity index (χ1n) is 13.8. The van der Waals surface area contributed by atoms with Crippen molar-refractivity contribution < 1.29 is 28.6 Å². The van der Waals surface area contributed by atoms with Gasteiger partial charge in [0.1, 0.15) is 16.8 Å². The highest BCUT2D eigenvalue weighted by molar-refractivity contribution is 5.70. The third kappa shape index (κ3) is 20.7. The van der Waals surface area contributed by atoms with Crippen LogP contribution >= 0.6 is 0 Å². The maximum absolute atomic E-state index is 12.8. The number of hydrogen-bond donors (Lipinski definition) is 1. The highest BCUT2D eigenvalue weighted by Gasteiger charge is 2.23. The van der Waals surface area contributed by atoms with Gasteiger partial charge < -0.3 is 29.7 Å². The fourth-order valence-corrected chi connectivity index (χ4v) is 3.45. The van der Waals surface area contributed by atoms with Gasteiger partial charge in [-0.05, 0) is 101 Å². The Bertz CT molecular complexity index is 677. The summed E-state index contributed by atoms with van der Waals surface area (Å²) in [5, 5.41) is 0. The Morgan fingerprint density at radius 2 is 0.892 bits per heavy atom. The summed E-state index contributed by atoms with van der Waals surface area (Å²) in [6.45, 7) is 19.4. The summed E-state index contributed by atoms with van der Waals surface area (Å²) < 4.78 is 16.5. The minimum absolute atomic E-state index is 0.172. The van der Waals surface area contributed by atoms with E-state index in [2.05, 4.69) is 0 Å². The first kappa shape index (κ1) is 35.0. The van der Waals surface area contributed by atoms with Gasteiger partial charge in [0.15, 0.2) is 0 Å². The van der Waals surface area contributed by atoms with E-state index < -0.39 is 16.8 Å². The van der Waals surface area contributed by atoms with Crippen molar-refractivity contribution in [3.63, 3.8) is 0 Å². The highest BCUT2D eigenvalue weighted by Crippen LogP contribution is 2.15. The standard InChI is InChI=1S/C28H55N3O6/c1-26(2,3)35-23(32)17-12-10-11-13-19-30(24(33)36-27(4,5)6)20-14-15-21-31(22-16-18-29)25(34)37-28(7,8)9/h10-22,29H2,1-9H3. The monoisotopic (exact) mass is 529 g/mol. The fraction of sp³-hybridized carbons (Fsp3) is 0.893. The Labute approximate surface area is 225 Å². The third-order valence-electron chi connectivity index (χ3n) is 5.02. The minimum atomic E-state index is -0.571. The van der Waals surface area contributed by atoms with Crippen molar-refractivity contribution in [3.8, 4) is 0 Å². The summed E-state index contributed by atoms with van der Waals surface area (Å²) in [5.41, 5.74) is 4.05. The number of carbonyl (C=O) groups excluding carboxylic acids is 3. The van der Waals surface area contributed by atoms with Gasteiger partial charge in [0.25, 0.3) is 0 Å². The van der Waals surface area contributed by atoms with Crippen molar-refractivity contribution in [1.82, 2.24) is 9.80 Å². The van der Waals surface area contributed by atoms with E-state index in [0.717, 1.165) is 38.5 Å². The molecule has 9 heteroatoms. The minimum Gasteiger partial charge on any atom is -0.460 e. The van der Waals surface area contributed by atoms with E-state index in [0.29, 0.717) is 45.6 Å². The molecular weight excluding hydrogens is 474 g/mol. The lowest BCUT2D eigenvalue weighted by Crippen LogP contribution is -2.40. The number of hydrogen-bond acceptors (Lipinski definition) is 7. The normalized spacial score (nSPS) is 12.2. The number of nitrogens with two attached hydrogens (primary N) is 1. The second-order valence-electron chi connectivity index (χ2n) is 12.5. The summed E-state index contributed by atoms with van der Waals surface area (Å²) >= 11 is 0. The zero-order valence-corrected chi connectivity index (χ0v) is 25.1. The smallest absolute Gasteiger partial charge is 0.410 e. The van der Waals surface area contributed by atoms with Crippen LogP contribution in [0.1, 0.15) is 114 Å². The van der Waals surface area contributed by atoms with Crippen LogP contribution in [0.15, 0.2) is 0 Å². The van der Waals surface area contributed by atoms with E-state index in [-0.39, 0.29) is 18.2 Å². The van der Waals surface area contributed by atoms with Crippen molar-refractivity contribution in [3.05, 3.63) is 0 Å². The van der Waals surface area contributed by atoms with Crippen LogP contribution in [0.5, 0.6) is 0 Å². The highest BCUT2D eigenvalue weighted by atomic mass is 16.6. The molecule has 0 aliphatic heterocycles. The Morgan fingerprint density at radius 3 is 1.27 bits per heavy atom. The van der Waals surface area contributed by atoms with Crippen LogP contribution in [0.2, 0.25) is 0 Å². The molecule has 0 aromatic heterocycles. The van der Waals surface area contributed by atoms with Gasteiger partial charge >= 0.3 is 18.2 Å². The van der Waals surface area contributed by atoms with Crippen LogP contribution in [0.25, 0.3) is 0 Å². The Balaban J connectivity index is 4.70. The lowest BCUT2D eigenvalue weighted by Gasteiger charge is -2.29. The van der Waals surface area contributed by atoms with Gasteiger partial charge in [0.2, 0.25) is 0 Å². The van der Waals surface area contributed by atoms with Crippen molar-refractivity contribution in [2.45, 2.75) is 130 Å². The Hall–Kier alpha value is -2.03. The van der Waals surface area contributed by atoms with E-state index in [1.807, 2.05) is 62.3 Å². The van der Waals surface area contributed by atoms with E-state index in [9.17, 15) is 14.4 Å². The first-order valence-corrected chi connectivity index (χ1v) is 13.8. The molecule has 0 fully saturated rings. The molecule has 218 valence electrons. The van der Waals surface area contributed by atoms with Gasteiger partial charge in [-0.2, -0.15) is 0 Å². The Kier molecular flexibility index (Phi) is 15.8. The summed E-state index contributed by atoms with van der Waals surface area (Å²) in [6.07, 6.45) is 5.32. The summed E-state index contributed by atoms with van der Waals surface area (Å²) in [5.74, 6) is -0.172. The van der Waals surface area contributed by atoms with Gasteiger partial charge in [0.05, 0.1) is 0 Å². The van der Waals surface area contributed by atoms with Crippen molar-refractivity contribution >= 4 is 18.2 Å². The van der Waals surface area contributed by atoms with Crippen LogP contribution in [0.3, 0.4) is 0 Å². The third-order valence-corrected chi connectivity index (χ3v) is 5.02. The van der Waals surface area contributed by atoms with Crippen LogP contribution < -0.4 is 5.73 Å². The molecule has 2 amide bonds. The van der Waals surface area contributed by atoms with Crippen LogP contribution in [0.4, 0.5) is 9.59 Å². The molecule has 9 nitrogen and oxygen atoms in total. The largest absolute Gasteiger partial charge is 0.460 e. The molecule has 0 spiro atoms. The van der Waals surface area contributed by atoms with E-state index in [1.165, 1.54) is 0 Å². The zero-order valence-electron chi connectivity index (χ0n) is 25.1. The molecule has 0 saturated heterocycles. The van der Waals surface area contributed by atoms with Crippen molar-refractivity contribution in [2.24, 2.45) is 5.73 Å². The lowest BCUT2D eigenvalue weighted by molar-refractivity contribution is -0.154. The molecule has 0 heterocycles. The van der Waals surface area contributed by atoms with Crippen LogP contribution in [-0.2, 0) is 19.0 Å². The van der Waals surface area contributed by atoms with Crippen molar-refractivity contribution in [1.29, 1.82) is 0 Å². The van der Waals surface area contributed by atoms with Crippen LogP contribution in [-0.4, -0.2) is 77.5 Å². The van der Waals surface area contributed by atoms with E-state index in [1.54, 1.807) is 9.80 Å². The average Bonchev–Trinajstić information content (AvgIpc) is 2.69. The second-order valence-corrected chi connectivity index (χ2v) is 12.5. The topological polar surface area (TPSA) is 111 Å². The fourth-order valence-electron chi connectivity index (χ4n) is 3.45. The molecular formula is C28H55N3O6. The van der Waals surface area contributed by atoms with E-state index >= 15 is 0 Å². The molecule has 0 rings (SSSR count). The number of nitrogens with zero attached hydrogens (tertiary/aromatic N) is 2. The quantitative estimate of drug-likeness (QED) is 0.160. The lowest BCUT2D eigenvalue weighted by atomic mass is 10.1. The maximum atomic E-state index is 12.8. The zero-order chi connectivity index (χ0) is 28.7. The first-order chi connectivity index (χ1) is 16.9. The number of esters is 1. The SMILES string of the molecule is CC(C)(C)OC(=O)CCCCCCN(CCCCN(CCCN)C(=O)OC(C)(C)C)C(=O)OC(C)(C)C. The number of unbranched alkanes of at least 4 members (excludes halogenated alkanes) is 4. The molecule has 2 N–H and O–H groups in total. The number of rotatable bonds is 15. The number of carbonyl (C=O) groups is 3. The number of ether oxygens (including phenoxy) is 3. The molecule has 0 aliphatic rings. The van der Waals surface area contributed by atoms with Gasteiger partial charge in [-0.25, -0.2) is 9.59 Å². The molecule has 0 atom stereocenters. The van der Waals surface area contributed by atoms with Gasteiger partial charge in [-0.15, -0.1) is 0 Å². The summed E-state index contributed by atoms with van der Waals surface area (Å²) in [6, 6.07) is 0. The van der Waals surface area contributed by atoms with Crippen LogP contribution in [0, 0.1) is 0 Å². The van der Waals surface area contributed by atoms with Crippen molar-refractivity contribution in [2.75, 3.05) is 32.7 Å². The number of amides is 2. The summed E-state index contributed by atoms with van der Waals surface area (Å²) in [7, 11) is 0. The molecule has 0 aliphatic carbocycles. The Morgan fingerprint density at radius 1 is 0.541 bits per heavy atom. The molecule has 37 heavy (non-hydrogen) atoms. The molecule has 0 radical (unpaired) electrons. The second kappa shape index (κ2) is 16.7. The molecule has 0 unspecified atom stereocenters. The molecule has 0 bridgehead atoms. The molecule has 0 aromatic rings. The van der Waals surface area contributed by atoms with Gasteiger partial charge in [-0.1, -0.05) is 12.8 Å². The van der Waals surface area contributed by atoms with Gasteiger partial charge in [0, 0.05) is 32.6 Å². The molecule has 0 saturated carbocycles. The predicted octanol–water partition coefficient (Wildman–Crippen LogP) is 5.88.